The smallest absolute Gasteiger partial charge is 0.321 e. The maximum atomic E-state index is 12.3. The lowest BCUT2D eigenvalue weighted by Gasteiger charge is -2.20. The summed E-state index contributed by atoms with van der Waals surface area (Å²) in [4.78, 5) is 24.3. The third kappa shape index (κ3) is 7.18. The molecule has 34 heavy (non-hydrogen) atoms. The van der Waals surface area contributed by atoms with Gasteiger partial charge in [-0.05, 0) is 37.3 Å². The van der Waals surface area contributed by atoms with Crippen molar-refractivity contribution in [2.45, 2.75) is 64.2 Å². The highest BCUT2D eigenvalue weighted by Crippen LogP contribution is 2.28. The average Bonchev–Trinajstić information content (AvgIpc) is 3.13. The Kier molecular flexibility index (Phi) is 7.82. The molecule has 0 fully saturated rings. The van der Waals surface area contributed by atoms with Crippen LogP contribution in [0.5, 0.6) is 0 Å². The van der Waals surface area contributed by atoms with Gasteiger partial charge in [-0.3, -0.25) is 14.7 Å². The standard InChI is InChI=1S/C26H33N5O2S/c1-25(2,3)20-14-12-19(13-15-20)22-29-30-24(31(22)16-18-10-8-7-9-11-18)34-17-21(32)27-23(33)28-26(4,5)6/h7-15H,16-17H2,1-6H3,(H2,27,28,32,33). The first kappa shape index (κ1) is 25.5. The number of amides is 3. The molecule has 0 saturated carbocycles. The lowest BCUT2D eigenvalue weighted by molar-refractivity contribution is -0.117. The fourth-order valence-electron chi connectivity index (χ4n) is 3.30. The van der Waals surface area contributed by atoms with Crippen molar-refractivity contribution in [3.63, 3.8) is 0 Å². The molecular formula is C26H33N5O2S. The Morgan fingerprint density at radius 1 is 0.912 bits per heavy atom. The number of benzene rings is 2. The molecule has 0 aliphatic heterocycles. The van der Waals surface area contributed by atoms with Gasteiger partial charge in [-0.1, -0.05) is 87.1 Å². The van der Waals surface area contributed by atoms with Gasteiger partial charge in [0.05, 0.1) is 12.3 Å². The van der Waals surface area contributed by atoms with E-state index in [9.17, 15) is 9.59 Å². The van der Waals surface area contributed by atoms with Gasteiger partial charge in [0, 0.05) is 11.1 Å². The molecule has 180 valence electrons. The molecule has 0 unspecified atom stereocenters. The molecule has 0 saturated heterocycles. The number of thioether (sulfide) groups is 1. The van der Waals surface area contributed by atoms with Crippen LogP contribution in [0.25, 0.3) is 11.4 Å². The second-order valence-corrected chi connectivity index (χ2v) is 11.2. The molecule has 1 heterocycles. The highest BCUT2D eigenvalue weighted by Gasteiger charge is 2.20. The van der Waals surface area contributed by atoms with Gasteiger partial charge in [-0.15, -0.1) is 10.2 Å². The maximum absolute atomic E-state index is 12.3. The summed E-state index contributed by atoms with van der Waals surface area (Å²) in [6.07, 6.45) is 0. The normalized spacial score (nSPS) is 11.8. The van der Waals surface area contributed by atoms with Gasteiger partial charge in [-0.2, -0.15) is 0 Å². The Morgan fingerprint density at radius 3 is 2.15 bits per heavy atom. The number of urea groups is 1. The molecule has 0 radical (unpaired) electrons. The lowest BCUT2D eigenvalue weighted by atomic mass is 9.87. The van der Waals surface area contributed by atoms with E-state index in [2.05, 4.69) is 65.9 Å². The van der Waals surface area contributed by atoms with Crippen LogP contribution in [0.3, 0.4) is 0 Å². The lowest BCUT2D eigenvalue weighted by Crippen LogP contribution is -2.48. The Bertz CT molecular complexity index is 1130. The highest BCUT2D eigenvalue weighted by molar-refractivity contribution is 7.99. The van der Waals surface area contributed by atoms with E-state index >= 15 is 0 Å². The van der Waals surface area contributed by atoms with Gasteiger partial charge in [0.1, 0.15) is 0 Å². The maximum Gasteiger partial charge on any atom is 0.321 e. The van der Waals surface area contributed by atoms with Crippen molar-refractivity contribution >= 4 is 23.7 Å². The largest absolute Gasteiger partial charge is 0.333 e. The first-order valence-corrected chi connectivity index (χ1v) is 12.2. The molecule has 0 aliphatic carbocycles. The second-order valence-electron chi connectivity index (χ2n) is 10.2. The van der Waals surface area contributed by atoms with E-state index in [4.69, 9.17) is 0 Å². The molecular weight excluding hydrogens is 446 g/mol. The first-order chi connectivity index (χ1) is 15.9. The zero-order valence-electron chi connectivity index (χ0n) is 20.7. The van der Waals surface area contributed by atoms with Gasteiger partial charge in [0.15, 0.2) is 11.0 Å². The van der Waals surface area contributed by atoms with Crippen molar-refractivity contribution in [1.82, 2.24) is 25.4 Å². The topological polar surface area (TPSA) is 88.9 Å². The molecule has 0 spiro atoms. The zero-order chi connectivity index (χ0) is 24.9. The van der Waals surface area contributed by atoms with Gasteiger partial charge >= 0.3 is 6.03 Å². The number of rotatable bonds is 6. The fraction of sp³-hybridized carbons (Fsp3) is 0.385. The summed E-state index contributed by atoms with van der Waals surface area (Å²) < 4.78 is 2.01. The van der Waals surface area contributed by atoms with Crippen molar-refractivity contribution < 1.29 is 9.59 Å². The third-order valence-electron chi connectivity index (χ3n) is 4.98. The zero-order valence-corrected chi connectivity index (χ0v) is 21.5. The van der Waals surface area contributed by atoms with Gasteiger partial charge < -0.3 is 5.32 Å². The van der Waals surface area contributed by atoms with Gasteiger partial charge in [0.25, 0.3) is 0 Å². The Balaban J connectivity index is 1.81. The average molecular weight is 480 g/mol. The number of hydrogen-bond acceptors (Lipinski definition) is 5. The molecule has 3 amide bonds. The summed E-state index contributed by atoms with van der Waals surface area (Å²) in [5.74, 6) is 0.391. The van der Waals surface area contributed by atoms with E-state index in [1.165, 1.54) is 17.3 Å². The Labute approximate surface area is 205 Å². The summed E-state index contributed by atoms with van der Waals surface area (Å²) in [6.45, 7) is 12.7. The number of imide groups is 1. The van der Waals surface area contributed by atoms with Gasteiger partial charge in [-0.25, -0.2) is 4.79 Å². The second kappa shape index (κ2) is 10.4. The molecule has 0 atom stereocenters. The molecule has 3 aromatic rings. The van der Waals surface area contributed by atoms with E-state index in [1.807, 2.05) is 55.7 Å². The molecule has 3 rings (SSSR count). The van der Waals surface area contributed by atoms with Crippen molar-refractivity contribution in [2.75, 3.05) is 5.75 Å². The summed E-state index contributed by atoms with van der Waals surface area (Å²) in [5, 5.41) is 14.5. The minimum atomic E-state index is -0.511. The first-order valence-electron chi connectivity index (χ1n) is 11.3. The molecule has 8 heteroatoms. The number of aromatic nitrogens is 3. The van der Waals surface area contributed by atoms with E-state index < -0.39 is 17.5 Å². The van der Waals surface area contributed by atoms with Crippen molar-refractivity contribution in [1.29, 1.82) is 0 Å². The number of carbonyl (C=O) groups is 2. The quantitative estimate of drug-likeness (QED) is 0.485. The number of hydrogen-bond donors (Lipinski definition) is 2. The van der Waals surface area contributed by atoms with Crippen LogP contribution in [-0.2, 0) is 16.8 Å². The highest BCUT2D eigenvalue weighted by atomic mass is 32.2. The van der Waals surface area contributed by atoms with Crippen LogP contribution in [0, 0.1) is 0 Å². The number of nitrogens with zero attached hydrogens (tertiary/aromatic N) is 3. The van der Waals surface area contributed by atoms with Crippen molar-refractivity contribution in [3.8, 4) is 11.4 Å². The van der Waals surface area contributed by atoms with Gasteiger partial charge in [0.2, 0.25) is 5.91 Å². The van der Waals surface area contributed by atoms with E-state index in [0.717, 1.165) is 17.0 Å². The third-order valence-corrected chi connectivity index (χ3v) is 5.95. The van der Waals surface area contributed by atoms with Crippen LogP contribution in [-0.4, -0.2) is 38.0 Å². The van der Waals surface area contributed by atoms with Crippen LogP contribution in [0.2, 0.25) is 0 Å². The van der Waals surface area contributed by atoms with E-state index in [0.29, 0.717) is 11.7 Å². The SMILES string of the molecule is CC(C)(C)NC(=O)NC(=O)CSc1nnc(-c2ccc(C(C)(C)C)cc2)n1Cc1ccccc1. The molecule has 0 aliphatic rings. The summed E-state index contributed by atoms with van der Waals surface area (Å²) >= 11 is 1.25. The summed E-state index contributed by atoms with van der Waals surface area (Å²) in [6, 6.07) is 17.9. The minimum Gasteiger partial charge on any atom is -0.333 e. The van der Waals surface area contributed by atoms with Crippen molar-refractivity contribution in [2.24, 2.45) is 0 Å². The summed E-state index contributed by atoms with van der Waals surface area (Å²) in [7, 11) is 0. The monoisotopic (exact) mass is 479 g/mol. The summed E-state index contributed by atoms with van der Waals surface area (Å²) in [5.41, 5.74) is 2.93. The van der Waals surface area contributed by atoms with Crippen LogP contribution < -0.4 is 10.6 Å². The predicted octanol–water partition coefficient (Wildman–Crippen LogP) is 5.01. The molecule has 2 N–H and O–H groups in total. The molecule has 7 nitrogen and oxygen atoms in total. The van der Waals surface area contributed by atoms with Crippen LogP contribution in [0.4, 0.5) is 4.79 Å². The van der Waals surface area contributed by atoms with E-state index in [1.54, 1.807) is 0 Å². The van der Waals surface area contributed by atoms with Crippen LogP contribution >= 0.6 is 11.8 Å². The van der Waals surface area contributed by atoms with Crippen LogP contribution in [0.15, 0.2) is 59.8 Å². The Hall–Kier alpha value is -3.13. The predicted molar refractivity (Wildman–Crippen MR) is 137 cm³/mol. The van der Waals surface area contributed by atoms with Crippen molar-refractivity contribution in [3.05, 3.63) is 65.7 Å². The van der Waals surface area contributed by atoms with E-state index in [-0.39, 0.29) is 11.2 Å². The number of carbonyl (C=O) groups excluding carboxylic acids is 2. The fourth-order valence-corrected chi connectivity index (χ4v) is 4.04. The molecule has 1 aromatic heterocycles. The molecule has 2 aromatic carbocycles. The molecule has 0 bridgehead atoms. The number of nitrogens with one attached hydrogen (secondary N) is 2. The van der Waals surface area contributed by atoms with Crippen LogP contribution in [0.1, 0.15) is 52.7 Å². The minimum absolute atomic E-state index is 0.0491. The Morgan fingerprint density at radius 2 is 1.56 bits per heavy atom.